The maximum Gasteiger partial charge on any atom is 0.260 e. The van der Waals surface area contributed by atoms with E-state index in [4.69, 9.17) is 4.74 Å². The van der Waals surface area contributed by atoms with Crippen LogP contribution in [0.2, 0.25) is 0 Å². The van der Waals surface area contributed by atoms with Gasteiger partial charge in [0.2, 0.25) is 0 Å². The fourth-order valence-electron chi connectivity index (χ4n) is 1.83. The van der Waals surface area contributed by atoms with Gasteiger partial charge in [0.05, 0.1) is 0 Å². The lowest BCUT2D eigenvalue weighted by atomic mass is 10.0. The van der Waals surface area contributed by atoms with Crippen molar-refractivity contribution in [1.82, 2.24) is 10.6 Å². The molecule has 4 nitrogen and oxygen atoms in total. The van der Waals surface area contributed by atoms with Gasteiger partial charge >= 0.3 is 0 Å². The van der Waals surface area contributed by atoms with Crippen LogP contribution in [0.4, 0.5) is 0 Å². The van der Waals surface area contributed by atoms with Gasteiger partial charge in [0.15, 0.2) is 6.10 Å². The summed E-state index contributed by atoms with van der Waals surface area (Å²) < 4.78 is 5.70. The smallest absolute Gasteiger partial charge is 0.260 e. The molecule has 4 heteroatoms. The van der Waals surface area contributed by atoms with Gasteiger partial charge in [0.1, 0.15) is 5.75 Å². The first-order chi connectivity index (χ1) is 9.54. The Bertz CT molecular complexity index is 419. The summed E-state index contributed by atoms with van der Waals surface area (Å²) in [6.45, 7) is 7.61. The summed E-state index contributed by atoms with van der Waals surface area (Å²) >= 11 is 0. The summed E-state index contributed by atoms with van der Waals surface area (Å²) in [6.07, 6.45) is 0.435. The van der Waals surface area contributed by atoms with E-state index < -0.39 is 6.10 Å². The lowest BCUT2D eigenvalue weighted by molar-refractivity contribution is -0.127. The second-order valence-electron chi connectivity index (χ2n) is 5.24. The SMILES string of the molecule is CNCCCNC(=O)C(C)Oc1cccc(C(C)C)c1. The Morgan fingerprint density at radius 3 is 2.65 bits per heavy atom. The number of hydrogen-bond donors (Lipinski definition) is 2. The van der Waals surface area contributed by atoms with Gasteiger partial charge in [-0.1, -0.05) is 26.0 Å². The van der Waals surface area contributed by atoms with Crippen LogP contribution in [-0.4, -0.2) is 32.1 Å². The molecule has 0 spiro atoms. The molecule has 0 fully saturated rings. The number of rotatable bonds is 8. The molecule has 20 heavy (non-hydrogen) atoms. The van der Waals surface area contributed by atoms with Crippen LogP contribution >= 0.6 is 0 Å². The van der Waals surface area contributed by atoms with Gasteiger partial charge in [-0.2, -0.15) is 0 Å². The topological polar surface area (TPSA) is 50.4 Å². The number of carbonyl (C=O) groups excluding carboxylic acids is 1. The Hall–Kier alpha value is -1.55. The highest BCUT2D eigenvalue weighted by atomic mass is 16.5. The van der Waals surface area contributed by atoms with Gasteiger partial charge in [-0.3, -0.25) is 4.79 Å². The molecule has 1 aromatic carbocycles. The van der Waals surface area contributed by atoms with Crippen LogP contribution in [-0.2, 0) is 4.79 Å². The molecular weight excluding hydrogens is 252 g/mol. The molecule has 1 atom stereocenters. The lowest BCUT2D eigenvalue weighted by Crippen LogP contribution is -2.37. The van der Waals surface area contributed by atoms with Crippen molar-refractivity contribution in [3.05, 3.63) is 29.8 Å². The van der Waals surface area contributed by atoms with Crippen LogP contribution in [0.3, 0.4) is 0 Å². The Balaban J connectivity index is 2.46. The van der Waals surface area contributed by atoms with E-state index in [1.165, 1.54) is 5.56 Å². The van der Waals surface area contributed by atoms with Crippen LogP contribution in [0.5, 0.6) is 5.75 Å². The quantitative estimate of drug-likeness (QED) is 0.717. The van der Waals surface area contributed by atoms with Crippen LogP contribution in [0.15, 0.2) is 24.3 Å². The van der Waals surface area contributed by atoms with Crippen molar-refractivity contribution in [2.45, 2.75) is 39.2 Å². The predicted octanol–water partition coefficient (Wildman–Crippen LogP) is 2.30. The van der Waals surface area contributed by atoms with E-state index in [0.717, 1.165) is 18.7 Å². The van der Waals surface area contributed by atoms with E-state index in [-0.39, 0.29) is 5.91 Å². The van der Waals surface area contributed by atoms with Crippen LogP contribution in [0, 0.1) is 0 Å². The summed E-state index contributed by atoms with van der Waals surface area (Å²) in [5, 5.41) is 5.92. The van der Waals surface area contributed by atoms with Crippen molar-refractivity contribution >= 4 is 5.91 Å². The van der Waals surface area contributed by atoms with Crippen molar-refractivity contribution < 1.29 is 9.53 Å². The highest BCUT2D eigenvalue weighted by Gasteiger charge is 2.14. The number of ether oxygens (including phenoxy) is 1. The monoisotopic (exact) mass is 278 g/mol. The molecule has 1 aromatic rings. The standard InChI is InChI=1S/C16H26N2O2/c1-12(2)14-7-5-8-15(11-14)20-13(3)16(19)18-10-6-9-17-4/h5,7-8,11-13,17H,6,9-10H2,1-4H3,(H,18,19). The van der Waals surface area contributed by atoms with E-state index >= 15 is 0 Å². The third-order valence-corrected chi connectivity index (χ3v) is 3.11. The highest BCUT2D eigenvalue weighted by molar-refractivity contribution is 5.80. The molecule has 0 saturated carbocycles. The number of nitrogens with one attached hydrogen (secondary N) is 2. The summed E-state index contributed by atoms with van der Waals surface area (Å²) in [5.74, 6) is 1.12. The van der Waals surface area contributed by atoms with Crippen molar-refractivity contribution in [3.63, 3.8) is 0 Å². The molecule has 0 heterocycles. The minimum absolute atomic E-state index is 0.0731. The van der Waals surface area contributed by atoms with Crippen LogP contribution in [0.25, 0.3) is 0 Å². The Labute approximate surface area is 121 Å². The Kier molecular flexibility index (Phi) is 7.09. The second kappa shape index (κ2) is 8.59. The maximum atomic E-state index is 11.9. The van der Waals surface area contributed by atoms with Crippen LogP contribution < -0.4 is 15.4 Å². The zero-order chi connectivity index (χ0) is 15.0. The first-order valence-corrected chi connectivity index (χ1v) is 7.23. The van der Waals surface area contributed by atoms with Gasteiger partial charge in [-0.05, 0) is 50.6 Å². The average Bonchev–Trinajstić information content (AvgIpc) is 2.43. The molecule has 0 aliphatic carbocycles. The fourth-order valence-corrected chi connectivity index (χ4v) is 1.83. The molecule has 0 radical (unpaired) electrons. The van der Waals surface area contributed by atoms with Crippen molar-refractivity contribution in [2.75, 3.05) is 20.1 Å². The van der Waals surface area contributed by atoms with Gasteiger partial charge in [0.25, 0.3) is 5.91 Å². The number of amides is 1. The molecular formula is C16H26N2O2. The zero-order valence-corrected chi connectivity index (χ0v) is 12.9. The molecule has 0 aromatic heterocycles. The first-order valence-electron chi connectivity index (χ1n) is 7.23. The minimum Gasteiger partial charge on any atom is -0.481 e. The highest BCUT2D eigenvalue weighted by Crippen LogP contribution is 2.20. The third-order valence-electron chi connectivity index (χ3n) is 3.11. The van der Waals surface area contributed by atoms with Gasteiger partial charge in [0, 0.05) is 6.54 Å². The van der Waals surface area contributed by atoms with E-state index in [0.29, 0.717) is 12.5 Å². The van der Waals surface area contributed by atoms with Crippen LogP contribution in [0.1, 0.15) is 38.7 Å². The first kappa shape index (κ1) is 16.5. The van der Waals surface area contributed by atoms with Crippen molar-refractivity contribution in [3.8, 4) is 5.75 Å². The summed E-state index contributed by atoms with van der Waals surface area (Å²) in [4.78, 5) is 11.9. The second-order valence-corrected chi connectivity index (χ2v) is 5.24. The molecule has 2 N–H and O–H groups in total. The van der Waals surface area contributed by atoms with E-state index in [2.05, 4.69) is 30.5 Å². The molecule has 1 unspecified atom stereocenters. The fraction of sp³-hybridized carbons (Fsp3) is 0.562. The number of benzene rings is 1. The van der Waals surface area contributed by atoms with Gasteiger partial charge in [-0.25, -0.2) is 0 Å². The molecule has 0 bridgehead atoms. The normalized spacial score (nSPS) is 12.2. The molecule has 0 aliphatic rings. The van der Waals surface area contributed by atoms with Gasteiger partial charge in [-0.15, -0.1) is 0 Å². The summed E-state index contributed by atoms with van der Waals surface area (Å²) in [6, 6.07) is 7.91. The Morgan fingerprint density at radius 2 is 2.00 bits per heavy atom. The molecule has 1 amide bonds. The zero-order valence-electron chi connectivity index (χ0n) is 12.9. The molecule has 1 rings (SSSR count). The maximum absolute atomic E-state index is 11.9. The largest absolute Gasteiger partial charge is 0.481 e. The number of carbonyl (C=O) groups is 1. The summed E-state index contributed by atoms with van der Waals surface area (Å²) in [5.41, 5.74) is 1.21. The van der Waals surface area contributed by atoms with Gasteiger partial charge < -0.3 is 15.4 Å². The Morgan fingerprint density at radius 1 is 1.25 bits per heavy atom. The minimum atomic E-state index is -0.480. The number of hydrogen-bond acceptors (Lipinski definition) is 3. The van der Waals surface area contributed by atoms with E-state index in [1.807, 2.05) is 25.2 Å². The summed E-state index contributed by atoms with van der Waals surface area (Å²) in [7, 11) is 1.90. The van der Waals surface area contributed by atoms with E-state index in [9.17, 15) is 4.79 Å². The lowest BCUT2D eigenvalue weighted by Gasteiger charge is -2.16. The average molecular weight is 278 g/mol. The third kappa shape index (κ3) is 5.61. The molecule has 0 aliphatic heterocycles. The molecule has 0 saturated heterocycles. The van der Waals surface area contributed by atoms with E-state index in [1.54, 1.807) is 6.92 Å². The van der Waals surface area contributed by atoms with Crippen molar-refractivity contribution in [2.24, 2.45) is 0 Å². The predicted molar refractivity (Wildman–Crippen MR) is 82.2 cm³/mol. The molecule has 112 valence electrons. The van der Waals surface area contributed by atoms with Crippen molar-refractivity contribution in [1.29, 1.82) is 0 Å².